The Balaban J connectivity index is 1.74. The van der Waals surface area contributed by atoms with Gasteiger partial charge in [-0.3, -0.25) is 19.7 Å². The molecular formula is C26H23N5O3. The second-order valence-corrected chi connectivity index (χ2v) is 8.69. The standard InChI is InChI=1S/C26H23N5O3/c1-30-13-16(14-6-2-4-8-17(14)30)21-22(26(34)29-25(21)33)20-15-7-3-5-9-18(15)31-11-10-28-23(24(20)31)19(32)12-27/h2-9,13,23,28H,10-12,27H2,1H3,(H,29,33,34). The molecule has 6 rings (SSSR count). The van der Waals surface area contributed by atoms with Gasteiger partial charge in [-0.2, -0.15) is 0 Å². The van der Waals surface area contributed by atoms with Crippen LogP contribution in [-0.2, 0) is 28.0 Å². The molecule has 8 nitrogen and oxygen atoms in total. The molecule has 2 aliphatic heterocycles. The topological polar surface area (TPSA) is 111 Å². The summed E-state index contributed by atoms with van der Waals surface area (Å²) in [7, 11) is 1.91. The van der Waals surface area contributed by atoms with Gasteiger partial charge in [0.25, 0.3) is 11.8 Å². The fraction of sp³-hybridized carbons (Fsp3) is 0.192. The summed E-state index contributed by atoms with van der Waals surface area (Å²) in [5, 5.41) is 7.49. The Bertz CT molecular complexity index is 1570. The van der Waals surface area contributed by atoms with E-state index in [-0.39, 0.29) is 12.3 Å². The Morgan fingerprint density at radius 2 is 1.68 bits per heavy atom. The average Bonchev–Trinajstić information content (AvgIpc) is 3.46. The van der Waals surface area contributed by atoms with Crippen LogP contribution in [0.15, 0.2) is 54.7 Å². The number of imide groups is 1. The highest BCUT2D eigenvalue weighted by molar-refractivity contribution is 6.51. The lowest BCUT2D eigenvalue weighted by molar-refractivity contribution is -0.123. The Hall–Kier alpha value is -4.01. The van der Waals surface area contributed by atoms with Crippen LogP contribution in [-0.4, -0.2) is 39.8 Å². The highest BCUT2D eigenvalue weighted by Gasteiger charge is 2.40. The van der Waals surface area contributed by atoms with Crippen molar-refractivity contribution in [2.75, 3.05) is 13.1 Å². The van der Waals surface area contributed by atoms with E-state index in [9.17, 15) is 14.4 Å². The molecule has 8 heteroatoms. The molecule has 0 fully saturated rings. The van der Waals surface area contributed by atoms with Gasteiger partial charge in [-0.15, -0.1) is 0 Å². The van der Waals surface area contributed by atoms with Gasteiger partial charge in [-0.05, 0) is 12.1 Å². The number of nitrogens with one attached hydrogen (secondary N) is 2. The van der Waals surface area contributed by atoms with E-state index in [2.05, 4.69) is 15.2 Å². The van der Waals surface area contributed by atoms with E-state index in [1.165, 1.54) is 0 Å². The number of para-hydroxylation sites is 2. The quantitative estimate of drug-likeness (QED) is 0.409. The number of benzene rings is 2. The van der Waals surface area contributed by atoms with Gasteiger partial charge in [0, 0.05) is 59.3 Å². The molecule has 4 heterocycles. The number of carbonyl (C=O) groups is 3. The van der Waals surface area contributed by atoms with Gasteiger partial charge in [-0.25, -0.2) is 0 Å². The maximum atomic E-state index is 13.3. The van der Waals surface area contributed by atoms with E-state index >= 15 is 0 Å². The molecule has 0 saturated heterocycles. The molecule has 2 aromatic carbocycles. The number of hydrogen-bond acceptors (Lipinski definition) is 5. The van der Waals surface area contributed by atoms with Gasteiger partial charge in [0.1, 0.15) is 6.04 Å². The summed E-state index contributed by atoms with van der Waals surface area (Å²) >= 11 is 0. The van der Waals surface area contributed by atoms with Crippen LogP contribution in [0.25, 0.3) is 33.0 Å². The van der Waals surface area contributed by atoms with Crippen molar-refractivity contribution < 1.29 is 14.4 Å². The number of carbonyl (C=O) groups excluding carboxylic acids is 3. The molecule has 170 valence electrons. The van der Waals surface area contributed by atoms with Crippen molar-refractivity contribution in [3.05, 3.63) is 71.5 Å². The minimum atomic E-state index is -0.661. The first kappa shape index (κ1) is 20.6. The number of rotatable bonds is 4. The summed E-state index contributed by atoms with van der Waals surface area (Å²) in [6, 6.07) is 14.9. The second kappa shape index (κ2) is 7.51. The lowest BCUT2D eigenvalue weighted by Crippen LogP contribution is -2.40. The molecule has 1 atom stereocenters. The average molecular weight is 454 g/mol. The predicted octanol–water partition coefficient (Wildman–Crippen LogP) is 1.87. The van der Waals surface area contributed by atoms with Crippen LogP contribution in [0.5, 0.6) is 0 Å². The molecule has 34 heavy (non-hydrogen) atoms. The van der Waals surface area contributed by atoms with E-state index in [0.29, 0.717) is 41.1 Å². The highest BCUT2D eigenvalue weighted by atomic mass is 16.2. The normalized spacial score (nSPS) is 18.1. The lowest BCUT2D eigenvalue weighted by Gasteiger charge is -2.27. The summed E-state index contributed by atoms with van der Waals surface area (Å²) in [4.78, 5) is 39.4. The summed E-state index contributed by atoms with van der Waals surface area (Å²) < 4.78 is 4.02. The molecule has 2 aliphatic rings. The SMILES string of the molecule is Cn1cc(C2=C(c3c4n(c5ccccc35)CCNC4C(=O)CN)C(=O)NC2=O)c2ccccc21. The molecule has 4 aromatic rings. The zero-order chi connectivity index (χ0) is 23.6. The smallest absolute Gasteiger partial charge is 0.259 e. The third-order valence-corrected chi connectivity index (χ3v) is 6.84. The molecule has 0 spiro atoms. The minimum Gasteiger partial charge on any atom is -0.350 e. The van der Waals surface area contributed by atoms with Crippen molar-refractivity contribution >= 4 is 50.5 Å². The number of nitrogens with two attached hydrogens (primary N) is 1. The Kier molecular flexibility index (Phi) is 4.55. The largest absolute Gasteiger partial charge is 0.350 e. The van der Waals surface area contributed by atoms with Gasteiger partial charge in [-0.1, -0.05) is 36.4 Å². The maximum absolute atomic E-state index is 13.3. The molecule has 0 saturated carbocycles. The number of hydrogen-bond donors (Lipinski definition) is 3. The molecule has 2 aromatic heterocycles. The lowest BCUT2D eigenvalue weighted by atomic mass is 9.91. The number of amides is 2. The van der Waals surface area contributed by atoms with Crippen LogP contribution in [0.4, 0.5) is 0 Å². The second-order valence-electron chi connectivity index (χ2n) is 8.69. The summed E-state index contributed by atoms with van der Waals surface area (Å²) in [5.41, 5.74) is 10.2. The Morgan fingerprint density at radius 3 is 2.44 bits per heavy atom. The number of Topliss-reactive ketones (excluding diaryl/α,β-unsaturated/α-hetero) is 1. The molecule has 2 amide bonds. The third kappa shape index (κ3) is 2.76. The van der Waals surface area contributed by atoms with Crippen LogP contribution >= 0.6 is 0 Å². The van der Waals surface area contributed by atoms with Crippen molar-refractivity contribution in [2.24, 2.45) is 12.8 Å². The van der Waals surface area contributed by atoms with E-state index in [1.54, 1.807) is 0 Å². The first-order valence-electron chi connectivity index (χ1n) is 11.2. The zero-order valence-corrected chi connectivity index (χ0v) is 18.6. The van der Waals surface area contributed by atoms with Gasteiger partial charge in [0.15, 0.2) is 5.78 Å². The van der Waals surface area contributed by atoms with E-state index in [0.717, 1.165) is 21.8 Å². The maximum Gasteiger partial charge on any atom is 0.259 e. The number of nitrogens with zero attached hydrogens (tertiary/aromatic N) is 2. The summed E-state index contributed by atoms with van der Waals surface area (Å²) in [6.45, 7) is 1.11. The van der Waals surface area contributed by atoms with Crippen molar-refractivity contribution in [1.29, 1.82) is 0 Å². The number of fused-ring (bicyclic) bond motifs is 4. The van der Waals surface area contributed by atoms with Crippen LogP contribution in [0, 0.1) is 0 Å². The van der Waals surface area contributed by atoms with E-state index in [4.69, 9.17) is 5.73 Å². The summed E-state index contributed by atoms with van der Waals surface area (Å²) in [6.07, 6.45) is 1.88. The van der Waals surface area contributed by atoms with Crippen molar-refractivity contribution in [3.8, 4) is 0 Å². The zero-order valence-electron chi connectivity index (χ0n) is 18.6. The monoisotopic (exact) mass is 453 g/mol. The van der Waals surface area contributed by atoms with Crippen LogP contribution in [0.1, 0.15) is 22.9 Å². The number of aryl methyl sites for hydroxylation is 1. The fourth-order valence-corrected chi connectivity index (χ4v) is 5.42. The van der Waals surface area contributed by atoms with Crippen LogP contribution < -0.4 is 16.4 Å². The van der Waals surface area contributed by atoms with Gasteiger partial charge in [0.05, 0.1) is 23.4 Å². The van der Waals surface area contributed by atoms with Crippen LogP contribution in [0.3, 0.4) is 0 Å². The van der Waals surface area contributed by atoms with Gasteiger partial charge >= 0.3 is 0 Å². The molecular weight excluding hydrogens is 430 g/mol. The van der Waals surface area contributed by atoms with Crippen LogP contribution in [0.2, 0.25) is 0 Å². The number of ketones is 1. The molecule has 4 N–H and O–H groups in total. The van der Waals surface area contributed by atoms with E-state index in [1.807, 2.05) is 66.3 Å². The van der Waals surface area contributed by atoms with Crippen molar-refractivity contribution in [2.45, 2.75) is 12.6 Å². The third-order valence-electron chi connectivity index (χ3n) is 6.84. The highest BCUT2D eigenvalue weighted by Crippen LogP contribution is 2.43. The minimum absolute atomic E-state index is 0.126. The summed E-state index contributed by atoms with van der Waals surface area (Å²) in [5.74, 6) is -1.07. The molecule has 0 bridgehead atoms. The number of aromatic nitrogens is 2. The van der Waals surface area contributed by atoms with Gasteiger partial charge < -0.3 is 20.2 Å². The predicted molar refractivity (Wildman–Crippen MR) is 130 cm³/mol. The molecule has 1 unspecified atom stereocenters. The molecule has 0 radical (unpaired) electrons. The van der Waals surface area contributed by atoms with Gasteiger partial charge in [0.2, 0.25) is 0 Å². The van der Waals surface area contributed by atoms with Crippen molar-refractivity contribution in [3.63, 3.8) is 0 Å². The first-order valence-corrected chi connectivity index (χ1v) is 11.2. The Labute approximate surface area is 195 Å². The Morgan fingerprint density at radius 1 is 1.00 bits per heavy atom. The first-order chi connectivity index (χ1) is 16.5. The fourth-order valence-electron chi connectivity index (χ4n) is 5.42. The van der Waals surface area contributed by atoms with E-state index < -0.39 is 17.9 Å². The molecule has 0 aliphatic carbocycles. The van der Waals surface area contributed by atoms with Crippen molar-refractivity contribution in [1.82, 2.24) is 19.8 Å².